The molecule has 3 heterocycles. The fourth-order valence-corrected chi connectivity index (χ4v) is 3.78. The standard InChI is InChI=1S/C22H26N6O2/c1-14(2)11-18-25-20(30-27-18)16-9-6-10-28(13-16)21(29)17-12-24-22(23)26-19(17)15-7-4-3-5-8-15/h3-5,7-8,12,14,16H,6,9-11,13H2,1-2H3,(H2,23,24,26). The zero-order valence-corrected chi connectivity index (χ0v) is 17.3. The highest BCUT2D eigenvalue weighted by Gasteiger charge is 2.30. The molecule has 0 saturated carbocycles. The van der Waals surface area contributed by atoms with Gasteiger partial charge in [0.15, 0.2) is 5.82 Å². The van der Waals surface area contributed by atoms with E-state index in [4.69, 9.17) is 10.3 Å². The van der Waals surface area contributed by atoms with Crippen LogP contribution in [0.5, 0.6) is 0 Å². The molecule has 1 amide bonds. The summed E-state index contributed by atoms with van der Waals surface area (Å²) in [6.07, 6.45) is 4.08. The first-order valence-corrected chi connectivity index (χ1v) is 10.3. The molecule has 3 aromatic rings. The van der Waals surface area contributed by atoms with Gasteiger partial charge in [-0.2, -0.15) is 4.98 Å². The minimum Gasteiger partial charge on any atom is -0.368 e. The summed E-state index contributed by atoms with van der Waals surface area (Å²) in [4.78, 5) is 28.2. The molecule has 1 atom stereocenters. The van der Waals surface area contributed by atoms with Crippen molar-refractivity contribution in [2.75, 3.05) is 18.8 Å². The van der Waals surface area contributed by atoms with Crippen LogP contribution in [0, 0.1) is 5.92 Å². The number of aromatic nitrogens is 4. The predicted molar refractivity (Wildman–Crippen MR) is 113 cm³/mol. The summed E-state index contributed by atoms with van der Waals surface area (Å²) in [5.41, 5.74) is 7.63. The average Bonchev–Trinajstić information content (AvgIpc) is 3.22. The van der Waals surface area contributed by atoms with Crippen LogP contribution in [0.2, 0.25) is 0 Å². The number of carbonyl (C=O) groups is 1. The second-order valence-electron chi connectivity index (χ2n) is 8.09. The molecule has 1 aliphatic rings. The Bertz CT molecular complexity index is 1020. The number of rotatable bonds is 5. The highest BCUT2D eigenvalue weighted by molar-refractivity contribution is 5.99. The van der Waals surface area contributed by atoms with Crippen LogP contribution in [0.4, 0.5) is 5.95 Å². The average molecular weight is 406 g/mol. The van der Waals surface area contributed by atoms with Crippen molar-refractivity contribution in [3.8, 4) is 11.3 Å². The molecule has 30 heavy (non-hydrogen) atoms. The monoisotopic (exact) mass is 406 g/mol. The Kier molecular flexibility index (Phi) is 5.74. The van der Waals surface area contributed by atoms with E-state index in [2.05, 4.69) is 34.0 Å². The first-order chi connectivity index (χ1) is 14.5. The maximum absolute atomic E-state index is 13.4. The highest BCUT2D eigenvalue weighted by Crippen LogP contribution is 2.29. The number of piperidine rings is 1. The maximum atomic E-state index is 13.4. The second kappa shape index (κ2) is 8.61. The smallest absolute Gasteiger partial charge is 0.257 e. The van der Waals surface area contributed by atoms with Gasteiger partial charge >= 0.3 is 0 Å². The topological polar surface area (TPSA) is 111 Å². The molecule has 0 spiro atoms. The van der Waals surface area contributed by atoms with Crippen molar-refractivity contribution >= 4 is 11.9 Å². The van der Waals surface area contributed by atoms with Crippen LogP contribution in [-0.2, 0) is 6.42 Å². The fraction of sp³-hybridized carbons (Fsp3) is 0.409. The summed E-state index contributed by atoms with van der Waals surface area (Å²) in [6.45, 7) is 5.44. The van der Waals surface area contributed by atoms with E-state index < -0.39 is 0 Å². The Balaban J connectivity index is 1.56. The van der Waals surface area contributed by atoms with Crippen molar-refractivity contribution in [1.29, 1.82) is 0 Å². The molecule has 1 unspecified atom stereocenters. The number of nitrogens with two attached hydrogens (primary N) is 1. The minimum absolute atomic E-state index is 0.0333. The molecular formula is C22H26N6O2. The molecule has 2 aromatic heterocycles. The Morgan fingerprint density at radius 3 is 2.83 bits per heavy atom. The third kappa shape index (κ3) is 4.32. The lowest BCUT2D eigenvalue weighted by atomic mass is 9.96. The van der Waals surface area contributed by atoms with Crippen LogP contribution < -0.4 is 5.73 Å². The van der Waals surface area contributed by atoms with Gasteiger partial charge in [0.2, 0.25) is 11.8 Å². The molecule has 2 N–H and O–H groups in total. The van der Waals surface area contributed by atoms with E-state index in [0.29, 0.717) is 36.2 Å². The Morgan fingerprint density at radius 2 is 2.07 bits per heavy atom. The Morgan fingerprint density at radius 1 is 1.27 bits per heavy atom. The highest BCUT2D eigenvalue weighted by atomic mass is 16.5. The van der Waals surface area contributed by atoms with Crippen LogP contribution in [0.15, 0.2) is 41.1 Å². The number of anilines is 1. The molecule has 4 rings (SSSR count). The van der Waals surface area contributed by atoms with Gasteiger partial charge in [0, 0.05) is 31.3 Å². The lowest BCUT2D eigenvalue weighted by Crippen LogP contribution is -2.39. The van der Waals surface area contributed by atoms with Crippen molar-refractivity contribution < 1.29 is 9.32 Å². The van der Waals surface area contributed by atoms with Crippen molar-refractivity contribution in [3.63, 3.8) is 0 Å². The molecule has 0 aliphatic carbocycles. The normalized spacial score (nSPS) is 16.8. The molecule has 0 radical (unpaired) electrons. The van der Waals surface area contributed by atoms with Gasteiger partial charge < -0.3 is 15.2 Å². The number of amides is 1. The van der Waals surface area contributed by atoms with Gasteiger partial charge in [-0.15, -0.1) is 0 Å². The van der Waals surface area contributed by atoms with Crippen molar-refractivity contribution in [2.45, 2.75) is 39.0 Å². The molecule has 1 fully saturated rings. The molecule has 8 heteroatoms. The van der Waals surface area contributed by atoms with E-state index in [-0.39, 0.29) is 17.8 Å². The molecular weight excluding hydrogens is 380 g/mol. The second-order valence-corrected chi connectivity index (χ2v) is 8.09. The van der Waals surface area contributed by atoms with Crippen molar-refractivity contribution in [1.82, 2.24) is 25.0 Å². The first-order valence-electron chi connectivity index (χ1n) is 10.3. The van der Waals surface area contributed by atoms with Crippen LogP contribution in [-0.4, -0.2) is 44.0 Å². The molecule has 1 aliphatic heterocycles. The summed E-state index contributed by atoms with van der Waals surface area (Å²) in [7, 11) is 0. The number of carbonyl (C=O) groups excluding carboxylic acids is 1. The summed E-state index contributed by atoms with van der Waals surface area (Å²) >= 11 is 0. The van der Waals surface area contributed by atoms with Gasteiger partial charge in [-0.05, 0) is 18.8 Å². The summed E-state index contributed by atoms with van der Waals surface area (Å²) in [6, 6.07) is 9.55. The molecule has 1 aromatic carbocycles. The van der Waals surface area contributed by atoms with E-state index in [0.717, 1.165) is 30.7 Å². The van der Waals surface area contributed by atoms with Crippen molar-refractivity contribution in [2.24, 2.45) is 5.92 Å². The van der Waals surface area contributed by atoms with Gasteiger partial charge in [0.1, 0.15) is 0 Å². The van der Waals surface area contributed by atoms with Gasteiger partial charge in [0.05, 0.1) is 17.2 Å². The quantitative estimate of drug-likeness (QED) is 0.692. The Hall–Kier alpha value is -3.29. The lowest BCUT2D eigenvalue weighted by molar-refractivity contribution is 0.0695. The molecule has 1 saturated heterocycles. The van der Waals surface area contributed by atoms with Crippen LogP contribution in [0.25, 0.3) is 11.3 Å². The van der Waals surface area contributed by atoms with Crippen LogP contribution >= 0.6 is 0 Å². The SMILES string of the molecule is CC(C)Cc1noc(C2CCCN(C(=O)c3cnc(N)nc3-c3ccccc3)C2)n1. The number of nitrogens with zero attached hydrogens (tertiary/aromatic N) is 5. The zero-order valence-electron chi connectivity index (χ0n) is 17.3. The van der Waals surface area contributed by atoms with Crippen molar-refractivity contribution in [3.05, 3.63) is 53.8 Å². The third-order valence-electron chi connectivity index (χ3n) is 5.22. The summed E-state index contributed by atoms with van der Waals surface area (Å²) < 4.78 is 5.51. The Labute approximate surface area is 175 Å². The predicted octanol–water partition coefficient (Wildman–Crippen LogP) is 3.33. The first kappa shape index (κ1) is 20.0. The van der Waals surface area contributed by atoms with Gasteiger partial charge in [0.25, 0.3) is 5.91 Å². The van der Waals surface area contributed by atoms with Gasteiger partial charge in [-0.25, -0.2) is 9.97 Å². The molecule has 156 valence electrons. The minimum atomic E-state index is -0.111. The van der Waals surface area contributed by atoms with E-state index in [9.17, 15) is 4.79 Å². The molecule has 0 bridgehead atoms. The zero-order chi connectivity index (χ0) is 21.1. The number of likely N-dealkylation sites (tertiary alicyclic amines) is 1. The molecule has 8 nitrogen and oxygen atoms in total. The summed E-state index contributed by atoms with van der Waals surface area (Å²) in [5, 5.41) is 4.10. The maximum Gasteiger partial charge on any atom is 0.257 e. The number of hydrogen-bond acceptors (Lipinski definition) is 7. The van der Waals surface area contributed by atoms with Crippen LogP contribution in [0.1, 0.15) is 54.7 Å². The van der Waals surface area contributed by atoms with Gasteiger partial charge in [-0.3, -0.25) is 4.79 Å². The van der Waals surface area contributed by atoms with Crippen LogP contribution in [0.3, 0.4) is 0 Å². The van der Waals surface area contributed by atoms with E-state index in [1.54, 1.807) is 0 Å². The number of hydrogen-bond donors (Lipinski definition) is 1. The van der Waals surface area contributed by atoms with E-state index >= 15 is 0 Å². The number of nitrogen functional groups attached to an aromatic ring is 1. The fourth-order valence-electron chi connectivity index (χ4n) is 3.78. The largest absolute Gasteiger partial charge is 0.368 e. The van der Waals surface area contributed by atoms with Gasteiger partial charge in [-0.1, -0.05) is 49.3 Å². The van der Waals surface area contributed by atoms with E-state index in [1.807, 2.05) is 35.2 Å². The lowest BCUT2D eigenvalue weighted by Gasteiger charge is -2.31. The number of benzene rings is 1. The summed E-state index contributed by atoms with van der Waals surface area (Å²) in [5.74, 6) is 1.86. The third-order valence-corrected chi connectivity index (χ3v) is 5.22. The van der Waals surface area contributed by atoms with E-state index in [1.165, 1.54) is 6.20 Å².